The Labute approximate surface area is 190 Å². The van der Waals surface area contributed by atoms with Crippen molar-refractivity contribution in [1.29, 1.82) is 0 Å². The maximum Gasteiger partial charge on any atom is 0.251 e. The van der Waals surface area contributed by atoms with E-state index in [4.69, 9.17) is 4.74 Å². The predicted molar refractivity (Wildman–Crippen MR) is 129 cm³/mol. The molecule has 2 aromatic carbocycles. The Morgan fingerprint density at radius 1 is 1.03 bits per heavy atom. The lowest BCUT2D eigenvalue weighted by Crippen LogP contribution is -2.36. The van der Waals surface area contributed by atoms with Gasteiger partial charge in [-0.25, -0.2) is 0 Å². The summed E-state index contributed by atoms with van der Waals surface area (Å²) in [5, 5.41) is 9.41. The van der Waals surface area contributed by atoms with Gasteiger partial charge in [0, 0.05) is 37.8 Å². The molecule has 0 fully saturated rings. The van der Waals surface area contributed by atoms with Crippen LogP contribution >= 0.6 is 24.0 Å². The SMILES string of the molecule is CCNC(=O)c1cccc(CNC(=NC)NCc2ccc(C)cc2OCC)c1.I. The molecule has 7 heteroatoms. The Bertz CT molecular complexity index is 824. The summed E-state index contributed by atoms with van der Waals surface area (Å²) in [4.78, 5) is 16.3. The summed E-state index contributed by atoms with van der Waals surface area (Å²) >= 11 is 0. The van der Waals surface area contributed by atoms with Gasteiger partial charge in [-0.2, -0.15) is 0 Å². The molecule has 0 bridgehead atoms. The van der Waals surface area contributed by atoms with E-state index in [2.05, 4.69) is 40.0 Å². The van der Waals surface area contributed by atoms with Crippen LogP contribution in [0, 0.1) is 6.92 Å². The monoisotopic (exact) mass is 510 g/mol. The zero-order valence-electron chi connectivity index (χ0n) is 17.5. The fourth-order valence-electron chi connectivity index (χ4n) is 2.77. The molecule has 0 aliphatic carbocycles. The standard InChI is InChI=1S/C22H30N4O2.HI/c1-5-24-21(27)18-9-7-8-17(13-18)14-25-22(23-4)26-15-19-11-10-16(3)12-20(19)28-6-2;/h7-13H,5-6,14-15H2,1-4H3,(H,24,27)(H2,23,25,26);1H. The number of aryl methyl sites for hydroxylation is 1. The van der Waals surface area contributed by atoms with Crippen molar-refractivity contribution in [3.8, 4) is 5.75 Å². The van der Waals surface area contributed by atoms with E-state index in [1.807, 2.05) is 44.2 Å². The molecular weight excluding hydrogens is 479 g/mol. The second-order valence-corrected chi connectivity index (χ2v) is 6.38. The molecule has 0 atom stereocenters. The third kappa shape index (κ3) is 7.92. The fraction of sp³-hybridized carbons (Fsp3) is 0.364. The van der Waals surface area contributed by atoms with Crippen LogP contribution < -0.4 is 20.7 Å². The lowest BCUT2D eigenvalue weighted by molar-refractivity contribution is 0.0955. The first-order valence-corrected chi connectivity index (χ1v) is 9.61. The van der Waals surface area contributed by atoms with Crippen molar-refractivity contribution >= 4 is 35.8 Å². The average molecular weight is 510 g/mol. The molecule has 0 saturated carbocycles. The highest BCUT2D eigenvalue weighted by Crippen LogP contribution is 2.20. The van der Waals surface area contributed by atoms with Crippen LogP contribution in [0.2, 0.25) is 0 Å². The zero-order chi connectivity index (χ0) is 20.4. The van der Waals surface area contributed by atoms with Crippen LogP contribution in [0.3, 0.4) is 0 Å². The molecule has 6 nitrogen and oxygen atoms in total. The third-order valence-corrected chi connectivity index (χ3v) is 4.18. The highest BCUT2D eigenvalue weighted by molar-refractivity contribution is 14.0. The molecule has 0 aliphatic heterocycles. The number of hydrogen-bond acceptors (Lipinski definition) is 3. The second kappa shape index (κ2) is 13.0. The summed E-state index contributed by atoms with van der Waals surface area (Å²) in [6.07, 6.45) is 0. The number of halogens is 1. The minimum atomic E-state index is -0.0605. The van der Waals surface area contributed by atoms with Gasteiger partial charge in [-0.3, -0.25) is 9.79 Å². The van der Waals surface area contributed by atoms with E-state index in [0.717, 1.165) is 16.9 Å². The summed E-state index contributed by atoms with van der Waals surface area (Å²) in [5.41, 5.74) is 3.91. The van der Waals surface area contributed by atoms with E-state index >= 15 is 0 Å². The van der Waals surface area contributed by atoms with Gasteiger partial charge in [-0.15, -0.1) is 24.0 Å². The number of hydrogen-bond donors (Lipinski definition) is 3. The average Bonchev–Trinajstić information content (AvgIpc) is 2.70. The molecule has 1 amide bonds. The first-order valence-electron chi connectivity index (χ1n) is 9.61. The normalized spacial score (nSPS) is 10.7. The number of amides is 1. The van der Waals surface area contributed by atoms with E-state index in [9.17, 15) is 4.79 Å². The number of carbonyl (C=O) groups is 1. The van der Waals surface area contributed by atoms with Crippen LogP contribution in [0.15, 0.2) is 47.5 Å². The van der Waals surface area contributed by atoms with Crippen molar-refractivity contribution in [2.24, 2.45) is 4.99 Å². The Hall–Kier alpha value is -2.29. The Morgan fingerprint density at radius 3 is 2.48 bits per heavy atom. The van der Waals surface area contributed by atoms with E-state index < -0.39 is 0 Å². The first-order chi connectivity index (χ1) is 13.6. The lowest BCUT2D eigenvalue weighted by atomic mass is 10.1. The van der Waals surface area contributed by atoms with Gasteiger partial charge in [-0.1, -0.05) is 24.3 Å². The number of carbonyl (C=O) groups excluding carboxylic acids is 1. The number of aliphatic imine (C=N–C) groups is 1. The van der Waals surface area contributed by atoms with Gasteiger partial charge >= 0.3 is 0 Å². The van der Waals surface area contributed by atoms with Gasteiger partial charge < -0.3 is 20.7 Å². The Balaban J connectivity index is 0.00000420. The highest BCUT2D eigenvalue weighted by Gasteiger charge is 2.07. The van der Waals surface area contributed by atoms with Crippen molar-refractivity contribution in [3.05, 3.63) is 64.7 Å². The Kier molecular flexibility index (Phi) is 11.1. The number of nitrogens with one attached hydrogen (secondary N) is 3. The number of nitrogens with zero attached hydrogens (tertiary/aromatic N) is 1. The maximum atomic E-state index is 12.0. The van der Waals surface area contributed by atoms with Gasteiger partial charge in [0.05, 0.1) is 6.61 Å². The summed E-state index contributed by atoms with van der Waals surface area (Å²) in [6, 6.07) is 13.8. The van der Waals surface area contributed by atoms with E-state index in [1.54, 1.807) is 7.05 Å². The lowest BCUT2D eigenvalue weighted by Gasteiger charge is -2.15. The van der Waals surface area contributed by atoms with Crippen LogP contribution in [0.4, 0.5) is 0 Å². The van der Waals surface area contributed by atoms with Crippen LogP contribution in [0.25, 0.3) is 0 Å². The largest absolute Gasteiger partial charge is 0.494 e. The molecule has 0 spiro atoms. The molecule has 0 aliphatic rings. The minimum Gasteiger partial charge on any atom is -0.494 e. The van der Waals surface area contributed by atoms with E-state index in [0.29, 0.717) is 37.8 Å². The molecule has 2 aromatic rings. The summed E-state index contributed by atoms with van der Waals surface area (Å²) in [5.74, 6) is 1.52. The molecular formula is C22H31IN4O2. The topological polar surface area (TPSA) is 74.8 Å². The van der Waals surface area contributed by atoms with Gasteiger partial charge in [0.2, 0.25) is 0 Å². The van der Waals surface area contributed by atoms with Crippen molar-refractivity contribution < 1.29 is 9.53 Å². The molecule has 0 unspecified atom stereocenters. The number of guanidine groups is 1. The zero-order valence-corrected chi connectivity index (χ0v) is 19.9. The number of rotatable bonds is 8. The molecule has 0 aromatic heterocycles. The predicted octanol–water partition coefficient (Wildman–Crippen LogP) is 3.63. The van der Waals surface area contributed by atoms with Gasteiger partial charge in [-0.05, 0) is 50.1 Å². The van der Waals surface area contributed by atoms with Gasteiger partial charge in [0.1, 0.15) is 5.75 Å². The summed E-state index contributed by atoms with van der Waals surface area (Å²) < 4.78 is 5.73. The van der Waals surface area contributed by atoms with Gasteiger partial charge in [0.15, 0.2) is 5.96 Å². The van der Waals surface area contributed by atoms with Crippen LogP contribution in [-0.4, -0.2) is 32.1 Å². The first kappa shape index (κ1) is 24.7. The third-order valence-electron chi connectivity index (χ3n) is 4.18. The van der Waals surface area contributed by atoms with Crippen molar-refractivity contribution in [2.75, 3.05) is 20.2 Å². The van der Waals surface area contributed by atoms with Crippen LogP contribution in [0.1, 0.15) is 40.9 Å². The smallest absolute Gasteiger partial charge is 0.251 e. The van der Waals surface area contributed by atoms with Gasteiger partial charge in [0.25, 0.3) is 5.91 Å². The van der Waals surface area contributed by atoms with E-state index in [-0.39, 0.29) is 29.9 Å². The molecule has 3 N–H and O–H groups in total. The maximum absolute atomic E-state index is 12.0. The molecule has 0 saturated heterocycles. The molecule has 2 rings (SSSR count). The number of ether oxygens (including phenoxy) is 1. The van der Waals surface area contributed by atoms with Crippen LogP contribution in [-0.2, 0) is 13.1 Å². The van der Waals surface area contributed by atoms with Crippen molar-refractivity contribution in [1.82, 2.24) is 16.0 Å². The minimum absolute atomic E-state index is 0. The van der Waals surface area contributed by atoms with Crippen LogP contribution in [0.5, 0.6) is 5.75 Å². The molecule has 0 radical (unpaired) electrons. The van der Waals surface area contributed by atoms with Crippen molar-refractivity contribution in [2.45, 2.75) is 33.9 Å². The second-order valence-electron chi connectivity index (χ2n) is 6.38. The fourth-order valence-corrected chi connectivity index (χ4v) is 2.77. The molecule has 0 heterocycles. The Morgan fingerprint density at radius 2 is 1.79 bits per heavy atom. The summed E-state index contributed by atoms with van der Waals surface area (Å²) in [6.45, 7) is 8.35. The quantitative estimate of drug-likeness (QED) is 0.288. The number of benzene rings is 2. The van der Waals surface area contributed by atoms with Crippen molar-refractivity contribution in [3.63, 3.8) is 0 Å². The highest BCUT2D eigenvalue weighted by atomic mass is 127. The molecule has 158 valence electrons. The van der Waals surface area contributed by atoms with E-state index in [1.165, 1.54) is 5.56 Å². The summed E-state index contributed by atoms with van der Waals surface area (Å²) in [7, 11) is 1.74. The molecule has 29 heavy (non-hydrogen) atoms.